The molecule has 0 radical (unpaired) electrons. The number of amides is 1. The zero-order chi connectivity index (χ0) is 17.8. The second-order valence-electron chi connectivity index (χ2n) is 5.22. The van der Waals surface area contributed by atoms with Gasteiger partial charge in [-0.2, -0.15) is 0 Å². The molecule has 1 amide bonds. The monoisotopic (exact) mass is 336 g/mol. The molecule has 2 heterocycles. The Labute approximate surface area is 144 Å². The Morgan fingerprint density at radius 3 is 2.92 bits per heavy atom. The number of carbonyl (C=O) groups excluding carboxylic acids is 1. The summed E-state index contributed by atoms with van der Waals surface area (Å²) in [5.41, 5.74) is 2.42. The number of hydrogen-bond acceptors (Lipinski definition) is 6. The first-order valence-electron chi connectivity index (χ1n) is 7.52. The summed E-state index contributed by atoms with van der Waals surface area (Å²) < 4.78 is 5.12. The minimum atomic E-state index is -0.219. The number of ether oxygens (including phenoxy) is 1. The van der Waals surface area contributed by atoms with Crippen molar-refractivity contribution in [2.75, 3.05) is 12.4 Å². The van der Waals surface area contributed by atoms with Crippen LogP contribution in [0.25, 0.3) is 22.4 Å². The molecule has 0 aliphatic rings. The van der Waals surface area contributed by atoms with E-state index in [1.54, 1.807) is 24.3 Å². The van der Waals surface area contributed by atoms with Crippen molar-refractivity contribution in [3.05, 3.63) is 49.2 Å². The third-order valence-electron chi connectivity index (χ3n) is 3.48. The number of aromatic nitrogens is 3. The number of nitrogens with zero attached hydrogens (tertiary/aromatic N) is 3. The van der Waals surface area contributed by atoms with Crippen LogP contribution in [0.5, 0.6) is 11.5 Å². The number of aromatic hydroxyl groups is 1. The van der Waals surface area contributed by atoms with Crippen LogP contribution < -0.4 is 10.1 Å². The van der Waals surface area contributed by atoms with Crippen LogP contribution in [0.4, 0.5) is 5.82 Å². The van der Waals surface area contributed by atoms with E-state index >= 15 is 0 Å². The second kappa shape index (κ2) is 6.96. The van der Waals surface area contributed by atoms with E-state index in [1.807, 2.05) is 0 Å². The van der Waals surface area contributed by atoms with E-state index in [0.29, 0.717) is 28.4 Å². The summed E-state index contributed by atoms with van der Waals surface area (Å²) in [7, 11) is 1.48. The Balaban J connectivity index is 1.98. The van der Waals surface area contributed by atoms with Crippen LogP contribution in [-0.2, 0) is 4.79 Å². The van der Waals surface area contributed by atoms with E-state index in [1.165, 1.54) is 25.4 Å². The topological polar surface area (TPSA) is 97.2 Å². The van der Waals surface area contributed by atoms with Crippen molar-refractivity contribution in [3.63, 3.8) is 0 Å². The number of phenols is 1. The molecule has 3 rings (SSSR count). The molecule has 0 bridgehead atoms. The fourth-order valence-corrected chi connectivity index (χ4v) is 2.28. The van der Waals surface area contributed by atoms with Gasteiger partial charge in [0.2, 0.25) is 5.91 Å². The number of methoxy groups -OCH3 is 1. The molecule has 2 N–H and O–H groups in total. The maximum Gasteiger partial charge on any atom is 0.229 e. The van der Waals surface area contributed by atoms with Crippen LogP contribution in [0, 0.1) is 0 Å². The van der Waals surface area contributed by atoms with E-state index in [0.717, 1.165) is 5.56 Å². The summed E-state index contributed by atoms with van der Waals surface area (Å²) in [4.78, 5) is 24.7. The van der Waals surface area contributed by atoms with Gasteiger partial charge in [0.05, 0.1) is 19.0 Å². The minimum absolute atomic E-state index is 0.0547. The first kappa shape index (κ1) is 16.4. The largest absolute Gasteiger partial charge is 0.504 e. The molecule has 7 heteroatoms. The summed E-state index contributed by atoms with van der Waals surface area (Å²) in [6.07, 6.45) is 3.19. The van der Waals surface area contributed by atoms with Gasteiger partial charge in [-0.1, -0.05) is 6.08 Å². The quantitative estimate of drug-likeness (QED) is 0.695. The van der Waals surface area contributed by atoms with Crippen molar-refractivity contribution in [1.29, 1.82) is 0 Å². The van der Waals surface area contributed by atoms with Gasteiger partial charge in [0.1, 0.15) is 5.52 Å². The van der Waals surface area contributed by atoms with Gasteiger partial charge in [0.25, 0.3) is 0 Å². The summed E-state index contributed by atoms with van der Waals surface area (Å²) in [5.74, 6) is 0.519. The standard InChI is InChI=1S/C18H16N4O3/c1-3-4-17(24)21-16-10-19-13-7-6-12(20-18(13)22-16)11-5-8-14(23)15(9-11)25-2/h3,5-10,23H,1,4H2,2H3,(H,20,21,22,24). The van der Waals surface area contributed by atoms with Gasteiger partial charge in [-0.15, -0.1) is 6.58 Å². The Kier molecular flexibility index (Phi) is 4.56. The highest BCUT2D eigenvalue weighted by atomic mass is 16.5. The highest BCUT2D eigenvalue weighted by Crippen LogP contribution is 2.31. The van der Waals surface area contributed by atoms with Crippen LogP contribution in [0.2, 0.25) is 0 Å². The fourth-order valence-electron chi connectivity index (χ4n) is 2.28. The Hall–Kier alpha value is -3.48. The van der Waals surface area contributed by atoms with Gasteiger partial charge < -0.3 is 15.2 Å². The lowest BCUT2D eigenvalue weighted by Crippen LogP contribution is -2.11. The normalized spacial score (nSPS) is 10.4. The van der Waals surface area contributed by atoms with Crippen molar-refractivity contribution in [3.8, 4) is 22.8 Å². The number of fused-ring (bicyclic) bond motifs is 1. The number of benzene rings is 1. The molecule has 0 unspecified atom stereocenters. The lowest BCUT2D eigenvalue weighted by Gasteiger charge is -2.07. The van der Waals surface area contributed by atoms with Crippen molar-refractivity contribution in [2.24, 2.45) is 0 Å². The van der Waals surface area contributed by atoms with Crippen LogP contribution in [0.3, 0.4) is 0 Å². The molecular weight excluding hydrogens is 320 g/mol. The van der Waals surface area contributed by atoms with Crippen LogP contribution >= 0.6 is 0 Å². The van der Waals surface area contributed by atoms with Gasteiger partial charge in [0.15, 0.2) is 23.0 Å². The predicted molar refractivity (Wildman–Crippen MR) is 94.4 cm³/mol. The molecule has 3 aromatic rings. The molecule has 25 heavy (non-hydrogen) atoms. The molecule has 0 aliphatic heterocycles. The Morgan fingerprint density at radius 2 is 2.16 bits per heavy atom. The summed E-state index contributed by atoms with van der Waals surface area (Å²) >= 11 is 0. The van der Waals surface area contributed by atoms with Gasteiger partial charge >= 0.3 is 0 Å². The molecule has 1 aromatic carbocycles. The van der Waals surface area contributed by atoms with Crippen LogP contribution in [0.15, 0.2) is 49.2 Å². The zero-order valence-electron chi connectivity index (χ0n) is 13.6. The first-order valence-corrected chi connectivity index (χ1v) is 7.52. The highest BCUT2D eigenvalue weighted by Gasteiger charge is 2.09. The summed E-state index contributed by atoms with van der Waals surface area (Å²) in [6, 6.07) is 8.55. The molecule has 126 valence electrons. The molecule has 0 spiro atoms. The molecule has 0 atom stereocenters. The third kappa shape index (κ3) is 3.55. The SMILES string of the molecule is C=CCC(=O)Nc1cnc2ccc(-c3ccc(O)c(OC)c3)nc2n1. The maximum atomic E-state index is 11.6. The smallest absolute Gasteiger partial charge is 0.229 e. The third-order valence-corrected chi connectivity index (χ3v) is 3.48. The van der Waals surface area contributed by atoms with Gasteiger partial charge in [-0.3, -0.25) is 4.79 Å². The van der Waals surface area contributed by atoms with E-state index in [-0.39, 0.29) is 18.1 Å². The van der Waals surface area contributed by atoms with E-state index in [2.05, 4.69) is 26.8 Å². The number of rotatable bonds is 5. The van der Waals surface area contributed by atoms with E-state index in [4.69, 9.17) is 4.74 Å². The summed E-state index contributed by atoms with van der Waals surface area (Å²) in [6.45, 7) is 3.52. The number of anilines is 1. The van der Waals surface area contributed by atoms with Crippen molar-refractivity contribution in [1.82, 2.24) is 15.0 Å². The molecule has 0 saturated carbocycles. The van der Waals surface area contributed by atoms with Crippen molar-refractivity contribution >= 4 is 22.9 Å². The molecule has 0 saturated heterocycles. The number of pyridine rings is 1. The fraction of sp³-hybridized carbons (Fsp3) is 0.111. The number of hydrogen-bond donors (Lipinski definition) is 2. The minimum Gasteiger partial charge on any atom is -0.504 e. The van der Waals surface area contributed by atoms with Crippen molar-refractivity contribution in [2.45, 2.75) is 6.42 Å². The van der Waals surface area contributed by atoms with Crippen LogP contribution in [-0.4, -0.2) is 33.1 Å². The summed E-state index contributed by atoms with van der Waals surface area (Å²) in [5, 5.41) is 12.3. The molecule has 0 aliphatic carbocycles. The molecular formula is C18H16N4O3. The van der Waals surface area contributed by atoms with Gasteiger partial charge in [-0.05, 0) is 30.3 Å². The average Bonchev–Trinajstić information content (AvgIpc) is 2.61. The molecule has 7 nitrogen and oxygen atoms in total. The van der Waals surface area contributed by atoms with Gasteiger partial charge in [0, 0.05) is 12.0 Å². The molecule has 2 aromatic heterocycles. The lowest BCUT2D eigenvalue weighted by atomic mass is 10.1. The maximum absolute atomic E-state index is 11.6. The average molecular weight is 336 g/mol. The van der Waals surface area contributed by atoms with Crippen molar-refractivity contribution < 1.29 is 14.6 Å². The number of phenolic OH excluding ortho intramolecular Hbond substituents is 1. The van der Waals surface area contributed by atoms with Gasteiger partial charge in [-0.25, -0.2) is 15.0 Å². The predicted octanol–water partition coefficient (Wildman–Crippen LogP) is 2.92. The zero-order valence-corrected chi connectivity index (χ0v) is 13.6. The first-order chi connectivity index (χ1) is 12.1. The number of carbonyl (C=O) groups is 1. The lowest BCUT2D eigenvalue weighted by molar-refractivity contribution is -0.115. The van der Waals surface area contributed by atoms with Crippen LogP contribution in [0.1, 0.15) is 6.42 Å². The highest BCUT2D eigenvalue weighted by molar-refractivity contribution is 5.91. The molecule has 0 fully saturated rings. The van der Waals surface area contributed by atoms with E-state index < -0.39 is 0 Å². The Morgan fingerprint density at radius 1 is 1.32 bits per heavy atom. The second-order valence-corrected chi connectivity index (χ2v) is 5.22. The Bertz CT molecular complexity index is 956. The number of nitrogens with one attached hydrogen (secondary N) is 1. The van der Waals surface area contributed by atoms with E-state index in [9.17, 15) is 9.90 Å².